The quantitative estimate of drug-likeness (QED) is 0.684. The molecule has 0 radical (unpaired) electrons. The predicted octanol–water partition coefficient (Wildman–Crippen LogP) is 5.45. The fourth-order valence-corrected chi connectivity index (χ4v) is 2.47. The Bertz CT molecular complexity index is 482. The minimum atomic E-state index is 0.131. The van der Waals surface area contributed by atoms with Gasteiger partial charge in [0.05, 0.1) is 11.1 Å². The summed E-state index contributed by atoms with van der Waals surface area (Å²) in [5.74, 6) is 0.942. The Kier molecular flexibility index (Phi) is 3.96. The topological polar surface area (TPSA) is 13.1 Å². The van der Waals surface area contributed by atoms with Gasteiger partial charge in [-0.2, -0.15) is 0 Å². The maximum Gasteiger partial charge on any atom is 0.121 e. The SMILES string of the molecule is CCC(C)(C)c1ccc(C(Br)c2ccco2)cc1. The lowest BCUT2D eigenvalue weighted by Crippen LogP contribution is -2.15. The fourth-order valence-electron chi connectivity index (χ4n) is 1.91. The normalized spacial score (nSPS) is 13.6. The van der Waals surface area contributed by atoms with Crippen LogP contribution in [0, 0.1) is 0 Å². The van der Waals surface area contributed by atoms with Crippen molar-refractivity contribution in [3.8, 4) is 0 Å². The molecule has 1 aromatic heterocycles. The third-order valence-electron chi connectivity index (χ3n) is 3.66. The van der Waals surface area contributed by atoms with E-state index in [9.17, 15) is 0 Å². The molecule has 0 aliphatic rings. The van der Waals surface area contributed by atoms with Gasteiger partial charge in [0.15, 0.2) is 0 Å². The molecule has 1 atom stereocenters. The van der Waals surface area contributed by atoms with Crippen molar-refractivity contribution < 1.29 is 4.42 Å². The number of benzene rings is 1. The largest absolute Gasteiger partial charge is 0.468 e. The van der Waals surface area contributed by atoms with E-state index in [-0.39, 0.29) is 10.2 Å². The van der Waals surface area contributed by atoms with Gasteiger partial charge in [0.2, 0.25) is 0 Å². The van der Waals surface area contributed by atoms with E-state index in [4.69, 9.17) is 4.42 Å². The van der Waals surface area contributed by atoms with Gasteiger partial charge >= 0.3 is 0 Å². The minimum Gasteiger partial charge on any atom is -0.468 e. The van der Waals surface area contributed by atoms with Crippen molar-refractivity contribution in [1.82, 2.24) is 0 Å². The molecule has 0 fully saturated rings. The molecule has 2 heteroatoms. The van der Waals surface area contributed by atoms with Crippen LogP contribution in [0.25, 0.3) is 0 Å². The zero-order valence-corrected chi connectivity index (χ0v) is 12.7. The van der Waals surface area contributed by atoms with Crippen molar-refractivity contribution in [1.29, 1.82) is 0 Å². The number of hydrogen-bond donors (Lipinski definition) is 0. The molecule has 0 aliphatic heterocycles. The lowest BCUT2D eigenvalue weighted by molar-refractivity contribution is 0.505. The third-order valence-corrected chi connectivity index (χ3v) is 4.64. The van der Waals surface area contributed by atoms with Gasteiger partial charge in [0, 0.05) is 0 Å². The van der Waals surface area contributed by atoms with E-state index in [2.05, 4.69) is 61.0 Å². The maximum absolute atomic E-state index is 5.42. The van der Waals surface area contributed by atoms with E-state index in [1.807, 2.05) is 12.1 Å². The van der Waals surface area contributed by atoms with E-state index in [1.54, 1.807) is 6.26 Å². The van der Waals surface area contributed by atoms with Crippen molar-refractivity contribution in [3.63, 3.8) is 0 Å². The third kappa shape index (κ3) is 2.69. The van der Waals surface area contributed by atoms with E-state index in [1.165, 1.54) is 11.1 Å². The van der Waals surface area contributed by atoms with E-state index in [0.29, 0.717) is 0 Å². The number of halogens is 1. The Morgan fingerprint density at radius 1 is 1.17 bits per heavy atom. The molecule has 0 saturated heterocycles. The van der Waals surface area contributed by atoms with Crippen molar-refractivity contribution in [2.75, 3.05) is 0 Å². The van der Waals surface area contributed by atoms with Gasteiger partial charge in [-0.1, -0.05) is 61.0 Å². The first-order valence-corrected chi connectivity index (χ1v) is 7.24. The van der Waals surface area contributed by atoms with Crippen LogP contribution in [-0.2, 0) is 5.41 Å². The molecule has 0 spiro atoms. The van der Waals surface area contributed by atoms with Gasteiger partial charge in [0.1, 0.15) is 5.76 Å². The molecule has 1 aromatic carbocycles. The summed E-state index contributed by atoms with van der Waals surface area (Å²) in [6, 6.07) is 12.7. The highest BCUT2D eigenvalue weighted by Crippen LogP contribution is 2.33. The monoisotopic (exact) mass is 306 g/mol. The predicted molar refractivity (Wildman–Crippen MR) is 79.2 cm³/mol. The average Bonchev–Trinajstić information content (AvgIpc) is 2.92. The van der Waals surface area contributed by atoms with Crippen LogP contribution >= 0.6 is 15.9 Å². The van der Waals surface area contributed by atoms with Gasteiger partial charge < -0.3 is 4.42 Å². The van der Waals surface area contributed by atoms with Crippen LogP contribution in [0.2, 0.25) is 0 Å². The lowest BCUT2D eigenvalue weighted by atomic mass is 9.82. The van der Waals surface area contributed by atoms with Crippen molar-refractivity contribution in [2.45, 2.75) is 37.4 Å². The first-order valence-electron chi connectivity index (χ1n) is 6.32. The second kappa shape index (κ2) is 5.31. The molecule has 18 heavy (non-hydrogen) atoms. The Balaban J connectivity index is 2.23. The number of rotatable bonds is 4. The molecule has 1 unspecified atom stereocenters. The van der Waals surface area contributed by atoms with Crippen LogP contribution in [-0.4, -0.2) is 0 Å². The highest BCUT2D eigenvalue weighted by atomic mass is 79.9. The molecule has 0 aliphatic carbocycles. The molecule has 0 amide bonds. The highest BCUT2D eigenvalue weighted by molar-refractivity contribution is 9.09. The second-order valence-corrected chi connectivity index (χ2v) is 6.15. The molecule has 1 nitrogen and oxygen atoms in total. The second-order valence-electron chi connectivity index (χ2n) is 5.24. The first kappa shape index (κ1) is 13.4. The Morgan fingerprint density at radius 3 is 2.33 bits per heavy atom. The molecule has 2 rings (SSSR count). The highest BCUT2D eigenvalue weighted by Gasteiger charge is 2.19. The van der Waals surface area contributed by atoms with E-state index < -0.39 is 0 Å². The van der Waals surface area contributed by atoms with Gasteiger partial charge in [-0.25, -0.2) is 0 Å². The van der Waals surface area contributed by atoms with Crippen molar-refractivity contribution >= 4 is 15.9 Å². The summed E-state index contributed by atoms with van der Waals surface area (Å²) in [6.07, 6.45) is 2.85. The number of alkyl halides is 1. The van der Waals surface area contributed by atoms with E-state index >= 15 is 0 Å². The van der Waals surface area contributed by atoms with Gasteiger partial charge in [-0.3, -0.25) is 0 Å². The molecule has 96 valence electrons. The van der Waals surface area contributed by atoms with Gasteiger partial charge in [-0.15, -0.1) is 0 Å². The van der Waals surface area contributed by atoms with Gasteiger partial charge in [-0.05, 0) is 35.1 Å². The lowest BCUT2D eigenvalue weighted by Gasteiger charge is -2.23. The fraction of sp³-hybridized carbons (Fsp3) is 0.375. The van der Waals surface area contributed by atoms with Crippen LogP contribution < -0.4 is 0 Å². The summed E-state index contributed by atoms with van der Waals surface area (Å²) >= 11 is 3.67. The van der Waals surface area contributed by atoms with Crippen LogP contribution in [0.15, 0.2) is 47.1 Å². The summed E-state index contributed by atoms with van der Waals surface area (Å²) in [5, 5.41) is 0. The molecular weight excluding hydrogens is 288 g/mol. The summed E-state index contributed by atoms with van der Waals surface area (Å²) < 4.78 is 5.42. The summed E-state index contributed by atoms with van der Waals surface area (Å²) in [7, 11) is 0. The zero-order valence-electron chi connectivity index (χ0n) is 11.1. The standard InChI is InChI=1S/C16H19BrO/c1-4-16(2,3)13-9-7-12(8-10-13)15(17)14-6-5-11-18-14/h5-11,15H,4H2,1-3H3. The van der Waals surface area contributed by atoms with E-state index in [0.717, 1.165) is 12.2 Å². The molecule has 1 heterocycles. The number of furan rings is 1. The Labute approximate surface area is 117 Å². The van der Waals surface area contributed by atoms with Crippen LogP contribution in [0.4, 0.5) is 0 Å². The van der Waals surface area contributed by atoms with Crippen LogP contribution in [0.1, 0.15) is 48.9 Å². The average molecular weight is 307 g/mol. The smallest absolute Gasteiger partial charge is 0.121 e. The number of hydrogen-bond acceptors (Lipinski definition) is 1. The van der Waals surface area contributed by atoms with Crippen LogP contribution in [0.3, 0.4) is 0 Å². The zero-order chi connectivity index (χ0) is 13.2. The summed E-state index contributed by atoms with van der Waals surface area (Å²) in [6.45, 7) is 6.78. The molecule has 2 aromatic rings. The minimum absolute atomic E-state index is 0.131. The van der Waals surface area contributed by atoms with Gasteiger partial charge in [0.25, 0.3) is 0 Å². The van der Waals surface area contributed by atoms with Crippen molar-refractivity contribution in [3.05, 3.63) is 59.5 Å². The molecule has 0 saturated carbocycles. The summed E-state index contributed by atoms with van der Waals surface area (Å²) in [4.78, 5) is 0.131. The molecular formula is C16H19BrO. The Morgan fingerprint density at radius 2 is 1.83 bits per heavy atom. The summed E-state index contributed by atoms with van der Waals surface area (Å²) in [5.41, 5.74) is 2.85. The van der Waals surface area contributed by atoms with Crippen molar-refractivity contribution in [2.24, 2.45) is 0 Å². The molecule has 0 N–H and O–H groups in total. The first-order chi connectivity index (χ1) is 8.54. The maximum atomic E-state index is 5.42. The van der Waals surface area contributed by atoms with Crippen LogP contribution in [0.5, 0.6) is 0 Å². The Hall–Kier alpha value is -1.02. The molecule has 0 bridgehead atoms.